The van der Waals surface area contributed by atoms with Crippen LogP contribution in [-0.4, -0.2) is 22.4 Å². The maximum atomic E-state index is 12.1. The number of carbonyl (C=O) groups is 1. The number of amides is 1. The van der Waals surface area contributed by atoms with Gasteiger partial charge in [-0.15, -0.1) is 11.3 Å². The SMILES string of the molecule is CC(C)c1ccc(OCC(=O)Nc2nc(-c3cccc([N+](=O)[O-])c3)cs2)cc1. The van der Waals surface area contributed by atoms with Gasteiger partial charge in [0.1, 0.15) is 5.75 Å². The first-order valence-electron chi connectivity index (χ1n) is 8.65. The van der Waals surface area contributed by atoms with Crippen LogP contribution in [0.15, 0.2) is 53.9 Å². The predicted molar refractivity (Wildman–Crippen MR) is 109 cm³/mol. The fraction of sp³-hybridized carbons (Fsp3) is 0.200. The van der Waals surface area contributed by atoms with Crippen LogP contribution >= 0.6 is 11.3 Å². The van der Waals surface area contributed by atoms with Crippen molar-refractivity contribution in [2.45, 2.75) is 19.8 Å². The number of thiazole rings is 1. The molecular formula is C20H19N3O4S. The molecule has 0 aliphatic heterocycles. The number of rotatable bonds is 7. The smallest absolute Gasteiger partial charge is 0.270 e. The van der Waals surface area contributed by atoms with Crippen LogP contribution in [0.2, 0.25) is 0 Å². The third kappa shape index (κ3) is 4.92. The summed E-state index contributed by atoms with van der Waals surface area (Å²) >= 11 is 1.25. The fourth-order valence-electron chi connectivity index (χ4n) is 2.50. The zero-order chi connectivity index (χ0) is 20.1. The van der Waals surface area contributed by atoms with Crippen molar-refractivity contribution in [3.05, 3.63) is 69.6 Å². The largest absolute Gasteiger partial charge is 0.484 e. The summed E-state index contributed by atoms with van der Waals surface area (Å²) in [4.78, 5) is 26.8. The minimum absolute atomic E-state index is 0.00651. The molecule has 0 spiro atoms. The third-order valence-electron chi connectivity index (χ3n) is 4.02. The van der Waals surface area contributed by atoms with Crippen molar-refractivity contribution in [2.24, 2.45) is 0 Å². The number of nitrogens with one attached hydrogen (secondary N) is 1. The van der Waals surface area contributed by atoms with Gasteiger partial charge in [-0.2, -0.15) is 0 Å². The Balaban J connectivity index is 1.58. The summed E-state index contributed by atoms with van der Waals surface area (Å²) in [5.41, 5.74) is 2.38. The van der Waals surface area contributed by atoms with Gasteiger partial charge >= 0.3 is 0 Å². The van der Waals surface area contributed by atoms with E-state index in [-0.39, 0.29) is 18.2 Å². The number of nitro groups is 1. The minimum Gasteiger partial charge on any atom is -0.484 e. The van der Waals surface area contributed by atoms with Gasteiger partial charge in [0.25, 0.3) is 11.6 Å². The van der Waals surface area contributed by atoms with Crippen molar-refractivity contribution in [1.29, 1.82) is 0 Å². The van der Waals surface area contributed by atoms with Gasteiger partial charge in [-0.05, 0) is 23.6 Å². The summed E-state index contributed by atoms with van der Waals surface area (Å²) in [6.45, 7) is 4.09. The van der Waals surface area contributed by atoms with Gasteiger partial charge in [-0.1, -0.05) is 38.1 Å². The Bertz CT molecular complexity index is 983. The van der Waals surface area contributed by atoms with Gasteiger partial charge < -0.3 is 4.74 Å². The van der Waals surface area contributed by atoms with Crippen LogP contribution in [0.5, 0.6) is 5.75 Å². The van der Waals surface area contributed by atoms with E-state index in [1.165, 1.54) is 29.0 Å². The van der Waals surface area contributed by atoms with Crippen LogP contribution in [0.3, 0.4) is 0 Å². The highest BCUT2D eigenvalue weighted by Gasteiger charge is 2.12. The molecule has 1 aromatic heterocycles. The quantitative estimate of drug-likeness (QED) is 0.454. The number of anilines is 1. The molecule has 1 N–H and O–H groups in total. The summed E-state index contributed by atoms with van der Waals surface area (Å²) in [6.07, 6.45) is 0. The molecule has 0 saturated heterocycles. The molecule has 0 radical (unpaired) electrons. The molecule has 144 valence electrons. The second kappa shape index (κ2) is 8.62. The molecule has 0 aliphatic carbocycles. The molecule has 3 rings (SSSR count). The summed E-state index contributed by atoms with van der Waals surface area (Å²) in [7, 11) is 0. The van der Waals surface area contributed by atoms with E-state index in [1.54, 1.807) is 17.5 Å². The van der Waals surface area contributed by atoms with E-state index in [0.717, 1.165) is 0 Å². The maximum absolute atomic E-state index is 12.1. The summed E-state index contributed by atoms with van der Waals surface area (Å²) in [5, 5.41) is 15.7. The molecule has 8 heteroatoms. The van der Waals surface area contributed by atoms with Crippen LogP contribution in [0.1, 0.15) is 25.3 Å². The Labute approximate surface area is 166 Å². The number of benzene rings is 2. The van der Waals surface area contributed by atoms with E-state index in [0.29, 0.717) is 28.1 Å². The highest BCUT2D eigenvalue weighted by molar-refractivity contribution is 7.14. The van der Waals surface area contributed by atoms with Crippen LogP contribution in [0, 0.1) is 10.1 Å². The fourth-order valence-corrected chi connectivity index (χ4v) is 3.23. The highest BCUT2D eigenvalue weighted by Crippen LogP contribution is 2.27. The summed E-state index contributed by atoms with van der Waals surface area (Å²) in [6, 6.07) is 13.8. The highest BCUT2D eigenvalue weighted by atomic mass is 32.1. The molecule has 1 amide bonds. The lowest BCUT2D eigenvalue weighted by molar-refractivity contribution is -0.384. The maximum Gasteiger partial charge on any atom is 0.270 e. The number of ether oxygens (including phenoxy) is 1. The third-order valence-corrected chi connectivity index (χ3v) is 4.78. The normalized spacial score (nSPS) is 10.7. The van der Waals surface area contributed by atoms with E-state index < -0.39 is 4.92 Å². The van der Waals surface area contributed by atoms with Crippen molar-refractivity contribution < 1.29 is 14.5 Å². The Morgan fingerprint density at radius 3 is 2.68 bits per heavy atom. The molecule has 0 atom stereocenters. The molecule has 0 aliphatic rings. The van der Waals surface area contributed by atoms with E-state index in [9.17, 15) is 14.9 Å². The molecule has 2 aromatic carbocycles. The monoisotopic (exact) mass is 397 g/mol. The van der Waals surface area contributed by atoms with Gasteiger partial charge in [0.15, 0.2) is 11.7 Å². The lowest BCUT2D eigenvalue weighted by Crippen LogP contribution is -2.20. The number of hydrogen-bond donors (Lipinski definition) is 1. The van der Waals surface area contributed by atoms with Gasteiger partial charge in [-0.25, -0.2) is 4.98 Å². The van der Waals surface area contributed by atoms with Crippen LogP contribution < -0.4 is 10.1 Å². The van der Waals surface area contributed by atoms with Gasteiger partial charge in [0.2, 0.25) is 0 Å². The van der Waals surface area contributed by atoms with Crippen LogP contribution in [0.25, 0.3) is 11.3 Å². The first-order valence-corrected chi connectivity index (χ1v) is 9.53. The second-order valence-corrected chi connectivity index (χ2v) is 7.26. The number of hydrogen-bond acceptors (Lipinski definition) is 6. The molecule has 3 aromatic rings. The zero-order valence-electron chi connectivity index (χ0n) is 15.4. The van der Waals surface area contributed by atoms with E-state index in [4.69, 9.17) is 4.74 Å². The van der Waals surface area contributed by atoms with E-state index in [1.807, 2.05) is 24.3 Å². The first-order chi connectivity index (χ1) is 13.4. The van der Waals surface area contributed by atoms with Crippen molar-refractivity contribution in [3.63, 3.8) is 0 Å². The number of nitro benzene ring substituents is 1. The number of nitrogens with zero attached hydrogens (tertiary/aromatic N) is 2. The van der Waals surface area contributed by atoms with E-state index >= 15 is 0 Å². The molecule has 1 heterocycles. The van der Waals surface area contributed by atoms with Crippen LogP contribution in [0.4, 0.5) is 10.8 Å². The Kier molecular flexibility index (Phi) is 6.00. The average molecular weight is 397 g/mol. The van der Waals surface area contributed by atoms with Crippen molar-refractivity contribution >= 4 is 28.1 Å². The lowest BCUT2D eigenvalue weighted by Gasteiger charge is -2.08. The van der Waals surface area contributed by atoms with Crippen molar-refractivity contribution in [2.75, 3.05) is 11.9 Å². The number of aromatic nitrogens is 1. The Hall–Kier alpha value is -3.26. The summed E-state index contributed by atoms with van der Waals surface area (Å²) < 4.78 is 5.50. The first kappa shape index (κ1) is 19.5. The van der Waals surface area contributed by atoms with Gasteiger partial charge in [-0.3, -0.25) is 20.2 Å². The predicted octanol–water partition coefficient (Wildman–Crippen LogP) is 4.86. The molecule has 28 heavy (non-hydrogen) atoms. The average Bonchev–Trinajstić information content (AvgIpc) is 3.15. The lowest BCUT2D eigenvalue weighted by atomic mass is 10.0. The molecule has 7 nitrogen and oxygen atoms in total. The van der Waals surface area contributed by atoms with Crippen molar-refractivity contribution in [1.82, 2.24) is 4.98 Å². The number of carbonyl (C=O) groups excluding carboxylic acids is 1. The standard InChI is InChI=1S/C20H19N3O4S/c1-13(2)14-6-8-17(9-7-14)27-11-19(24)22-20-21-18(12-28-20)15-4-3-5-16(10-15)23(25)26/h3-10,12-13H,11H2,1-2H3,(H,21,22,24). The van der Waals surface area contributed by atoms with Gasteiger partial charge in [0, 0.05) is 23.1 Å². The topological polar surface area (TPSA) is 94.4 Å². The van der Waals surface area contributed by atoms with E-state index in [2.05, 4.69) is 24.1 Å². The van der Waals surface area contributed by atoms with Gasteiger partial charge in [0.05, 0.1) is 10.6 Å². The van der Waals surface area contributed by atoms with Crippen LogP contribution in [-0.2, 0) is 4.79 Å². The minimum atomic E-state index is -0.455. The Morgan fingerprint density at radius 1 is 1.25 bits per heavy atom. The number of non-ortho nitro benzene ring substituents is 1. The molecular weight excluding hydrogens is 378 g/mol. The molecule has 0 bridgehead atoms. The Morgan fingerprint density at radius 2 is 2.00 bits per heavy atom. The molecule has 0 fully saturated rings. The summed E-state index contributed by atoms with van der Waals surface area (Å²) in [5.74, 6) is 0.728. The van der Waals surface area contributed by atoms with Crippen molar-refractivity contribution in [3.8, 4) is 17.0 Å². The second-order valence-electron chi connectivity index (χ2n) is 6.41. The molecule has 0 unspecified atom stereocenters. The molecule has 0 saturated carbocycles. The zero-order valence-corrected chi connectivity index (χ0v) is 16.2.